The van der Waals surface area contributed by atoms with Crippen LogP contribution in [0.1, 0.15) is 26.0 Å². The summed E-state index contributed by atoms with van der Waals surface area (Å²) in [5.41, 5.74) is 3.37. The van der Waals surface area contributed by atoms with Gasteiger partial charge >= 0.3 is 0 Å². The van der Waals surface area contributed by atoms with Gasteiger partial charge in [-0.25, -0.2) is 9.97 Å². The van der Waals surface area contributed by atoms with Crippen LogP contribution < -0.4 is 0 Å². The lowest BCUT2D eigenvalue weighted by atomic mass is 10.0. The lowest BCUT2D eigenvalue weighted by molar-refractivity contribution is 0.245. The fourth-order valence-corrected chi connectivity index (χ4v) is 2.55. The van der Waals surface area contributed by atoms with E-state index in [0.717, 1.165) is 36.6 Å². The molecule has 0 bridgehead atoms. The van der Waals surface area contributed by atoms with Crippen LogP contribution in [0.25, 0.3) is 17.0 Å². The highest BCUT2D eigenvalue weighted by atomic mass is 15.1. The molecule has 21 heavy (non-hydrogen) atoms. The van der Waals surface area contributed by atoms with E-state index in [1.54, 1.807) is 12.4 Å². The highest BCUT2D eigenvalue weighted by Gasteiger charge is 2.15. The molecule has 0 saturated heterocycles. The van der Waals surface area contributed by atoms with Crippen molar-refractivity contribution in [3.63, 3.8) is 0 Å². The molecule has 2 aromatic heterocycles. The third-order valence-corrected chi connectivity index (χ3v) is 3.89. The minimum Gasteiger partial charge on any atom is -0.297 e. The minimum absolute atomic E-state index is 0.605. The van der Waals surface area contributed by atoms with E-state index in [9.17, 15) is 0 Å². The summed E-state index contributed by atoms with van der Waals surface area (Å²) in [5.74, 6) is 0.722. The summed E-state index contributed by atoms with van der Waals surface area (Å²) in [6, 6.07) is 6.54. The van der Waals surface area contributed by atoms with E-state index >= 15 is 0 Å². The molecule has 2 aromatic rings. The Morgan fingerprint density at radius 3 is 2.48 bits per heavy atom. The quantitative estimate of drug-likeness (QED) is 0.866. The van der Waals surface area contributed by atoms with E-state index in [1.165, 1.54) is 5.57 Å². The zero-order chi connectivity index (χ0) is 14.7. The number of pyridine rings is 1. The highest BCUT2D eigenvalue weighted by molar-refractivity contribution is 5.65. The topological polar surface area (TPSA) is 41.9 Å². The molecule has 0 saturated carbocycles. The van der Waals surface area contributed by atoms with Crippen molar-refractivity contribution in [2.24, 2.45) is 0 Å². The second-order valence-corrected chi connectivity index (χ2v) is 5.57. The molecule has 108 valence electrons. The van der Waals surface area contributed by atoms with Crippen molar-refractivity contribution in [2.45, 2.75) is 26.3 Å². The van der Waals surface area contributed by atoms with Gasteiger partial charge in [0, 0.05) is 43.3 Å². The Kier molecular flexibility index (Phi) is 4.06. The third kappa shape index (κ3) is 3.16. The lowest BCUT2D eigenvalue weighted by Crippen LogP contribution is -2.34. The van der Waals surface area contributed by atoms with Crippen molar-refractivity contribution in [1.29, 1.82) is 0 Å². The zero-order valence-corrected chi connectivity index (χ0v) is 12.5. The SMILES string of the molecule is CC(C)N1CC=C(c2ccc(-c3ncccn3)cn2)CC1. The van der Waals surface area contributed by atoms with E-state index in [-0.39, 0.29) is 0 Å². The van der Waals surface area contributed by atoms with Crippen LogP contribution in [0.4, 0.5) is 0 Å². The molecule has 3 heterocycles. The summed E-state index contributed by atoms with van der Waals surface area (Å²) in [6.45, 7) is 6.60. The second-order valence-electron chi connectivity index (χ2n) is 5.57. The summed E-state index contributed by atoms with van der Waals surface area (Å²) >= 11 is 0. The molecule has 0 unspecified atom stereocenters. The van der Waals surface area contributed by atoms with Crippen LogP contribution in [0.2, 0.25) is 0 Å². The van der Waals surface area contributed by atoms with Gasteiger partial charge in [-0.3, -0.25) is 9.88 Å². The average Bonchev–Trinajstić information content (AvgIpc) is 2.56. The Morgan fingerprint density at radius 2 is 1.90 bits per heavy atom. The van der Waals surface area contributed by atoms with Gasteiger partial charge in [0.05, 0.1) is 5.69 Å². The summed E-state index contributed by atoms with van der Waals surface area (Å²) in [6.07, 6.45) is 8.72. The van der Waals surface area contributed by atoms with Gasteiger partial charge < -0.3 is 0 Å². The summed E-state index contributed by atoms with van der Waals surface area (Å²) in [4.78, 5) is 15.5. The van der Waals surface area contributed by atoms with Crippen molar-refractivity contribution in [3.05, 3.63) is 48.6 Å². The molecule has 0 aromatic carbocycles. The first kappa shape index (κ1) is 13.9. The molecule has 4 heteroatoms. The van der Waals surface area contributed by atoms with Crippen LogP contribution in [-0.4, -0.2) is 39.0 Å². The van der Waals surface area contributed by atoms with Gasteiger partial charge in [-0.2, -0.15) is 0 Å². The summed E-state index contributed by atoms with van der Waals surface area (Å²) in [5, 5.41) is 0. The van der Waals surface area contributed by atoms with Gasteiger partial charge in [0.2, 0.25) is 0 Å². The number of rotatable bonds is 3. The first-order chi connectivity index (χ1) is 10.2. The predicted octanol–water partition coefficient (Wildman–Crippen LogP) is 3.04. The van der Waals surface area contributed by atoms with E-state index in [1.807, 2.05) is 18.3 Å². The van der Waals surface area contributed by atoms with Crippen LogP contribution in [-0.2, 0) is 0 Å². The maximum absolute atomic E-state index is 4.58. The molecule has 0 atom stereocenters. The molecule has 0 N–H and O–H groups in total. The van der Waals surface area contributed by atoms with E-state index < -0.39 is 0 Å². The average molecular weight is 280 g/mol. The molecule has 0 radical (unpaired) electrons. The maximum atomic E-state index is 4.58. The second kappa shape index (κ2) is 6.14. The Bertz CT molecular complexity index is 617. The van der Waals surface area contributed by atoms with Crippen molar-refractivity contribution in [3.8, 4) is 11.4 Å². The largest absolute Gasteiger partial charge is 0.297 e. The number of hydrogen-bond donors (Lipinski definition) is 0. The molecule has 1 aliphatic heterocycles. The van der Waals surface area contributed by atoms with Crippen LogP contribution in [0.15, 0.2) is 42.9 Å². The molecule has 4 nitrogen and oxygen atoms in total. The van der Waals surface area contributed by atoms with E-state index in [0.29, 0.717) is 6.04 Å². The van der Waals surface area contributed by atoms with Crippen LogP contribution in [0, 0.1) is 0 Å². The Balaban J connectivity index is 1.76. The van der Waals surface area contributed by atoms with Crippen molar-refractivity contribution >= 4 is 5.57 Å². The Labute approximate surface area is 125 Å². The van der Waals surface area contributed by atoms with Crippen molar-refractivity contribution in [2.75, 3.05) is 13.1 Å². The molecule has 0 amide bonds. The van der Waals surface area contributed by atoms with Gasteiger partial charge in [0.15, 0.2) is 5.82 Å². The van der Waals surface area contributed by atoms with Crippen LogP contribution in [0.5, 0.6) is 0 Å². The van der Waals surface area contributed by atoms with E-state index in [2.05, 4.69) is 45.8 Å². The van der Waals surface area contributed by atoms with Gasteiger partial charge in [-0.15, -0.1) is 0 Å². The van der Waals surface area contributed by atoms with Crippen LogP contribution in [0.3, 0.4) is 0 Å². The third-order valence-electron chi connectivity index (χ3n) is 3.89. The number of nitrogens with zero attached hydrogens (tertiary/aromatic N) is 4. The smallest absolute Gasteiger partial charge is 0.160 e. The van der Waals surface area contributed by atoms with Gasteiger partial charge in [-0.05, 0) is 44.0 Å². The number of aromatic nitrogens is 3. The first-order valence-electron chi connectivity index (χ1n) is 7.41. The molecule has 3 rings (SSSR count). The van der Waals surface area contributed by atoms with Gasteiger partial charge in [-0.1, -0.05) is 6.08 Å². The Hall–Kier alpha value is -2.07. The standard InChI is InChI=1S/C17H20N4/c1-13(2)21-10-6-14(7-11-21)16-5-4-15(12-20-16)17-18-8-3-9-19-17/h3-6,8-9,12-13H,7,10-11H2,1-2H3. The normalized spacial score (nSPS) is 16.0. The first-order valence-corrected chi connectivity index (χ1v) is 7.41. The van der Waals surface area contributed by atoms with E-state index in [4.69, 9.17) is 0 Å². The van der Waals surface area contributed by atoms with Gasteiger partial charge in [0.25, 0.3) is 0 Å². The molecular weight excluding hydrogens is 260 g/mol. The molecule has 0 aliphatic carbocycles. The summed E-state index contributed by atoms with van der Waals surface area (Å²) in [7, 11) is 0. The fraction of sp³-hybridized carbons (Fsp3) is 0.353. The highest BCUT2D eigenvalue weighted by Crippen LogP contribution is 2.23. The minimum atomic E-state index is 0.605. The molecular formula is C17H20N4. The predicted molar refractivity (Wildman–Crippen MR) is 84.6 cm³/mol. The molecule has 1 aliphatic rings. The molecule has 0 fully saturated rings. The van der Waals surface area contributed by atoms with Gasteiger partial charge in [0.1, 0.15) is 0 Å². The zero-order valence-electron chi connectivity index (χ0n) is 12.5. The maximum Gasteiger partial charge on any atom is 0.160 e. The Morgan fingerprint density at radius 1 is 1.10 bits per heavy atom. The van der Waals surface area contributed by atoms with Crippen molar-refractivity contribution < 1.29 is 0 Å². The van der Waals surface area contributed by atoms with Crippen molar-refractivity contribution in [1.82, 2.24) is 19.9 Å². The molecule has 0 spiro atoms. The number of hydrogen-bond acceptors (Lipinski definition) is 4. The monoisotopic (exact) mass is 280 g/mol. The van der Waals surface area contributed by atoms with Crippen LogP contribution >= 0.6 is 0 Å². The fourth-order valence-electron chi connectivity index (χ4n) is 2.55. The lowest BCUT2D eigenvalue weighted by Gasteiger charge is -2.29. The summed E-state index contributed by atoms with van der Waals surface area (Å²) < 4.78 is 0.